The maximum Gasteiger partial charge on any atom is 0.475 e. The zero-order valence-corrected chi connectivity index (χ0v) is 8.30. The van der Waals surface area contributed by atoms with Gasteiger partial charge in [-0.25, -0.2) is 0 Å². The quantitative estimate of drug-likeness (QED) is 0.554. The summed E-state index contributed by atoms with van der Waals surface area (Å²) < 4.78 is 30.2. The minimum atomic E-state index is -4.53. The second-order valence-electron chi connectivity index (χ2n) is 0.949. The summed E-state index contributed by atoms with van der Waals surface area (Å²) in [7, 11) is 0. The maximum atomic E-state index is 10.1. The summed E-state index contributed by atoms with van der Waals surface area (Å²) in [5.41, 5.74) is -4.53. The summed E-state index contributed by atoms with van der Waals surface area (Å²) in [6.45, 7) is 0. The lowest BCUT2D eigenvalue weighted by Crippen LogP contribution is -1.89. The lowest BCUT2D eigenvalue weighted by molar-refractivity contribution is -0.0420. The first kappa shape index (κ1) is 14.5. The van der Waals surface area contributed by atoms with Gasteiger partial charge in [-0.15, -0.1) is 0 Å². The molecular weight excluding hydrogens is 270 g/mol. The molecule has 0 atom stereocenters. The summed E-state index contributed by atoms with van der Waals surface area (Å²) >= 11 is 23.5. The van der Waals surface area contributed by atoms with Crippen LogP contribution in [-0.4, -0.2) is 5.64 Å². The van der Waals surface area contributed by atoms with Crippen LogP contribution in [0.4, 0.5) is 13.2 Å². The summed E-state index contributed by atoms with van der Waals surface area (Å²) in [6, 6.07) is 0. The predicted octanol–water partition coefficient (Wildman–Crippen LogP) is 4.81. The van der Waals surface area contributed by atoms with E-state index in [0.717, 1.165) is 0 Å². The highest BCUT2D eigenvalue weighted by Crippen LogP contribution is 2.20. The van der Waals surface area contributed by atoms with Gasteiger partial charge in [-0.2, -0.15) is 13.2 Å². The van der Waals surface area contributed by atoms with Crippen LogP contribution in [0.2, 0.25) is 0 Å². The van der Waals surface area contributed by atoms with Gasteiger partial charge in [0.25, 0.3) is 0 Å². The third-order valence-electron chi connectivity index (χ3n) is 0.143. The van der Waals surface area contributed by atoms with Gasteiger partial charge in [-0.3, -0.25) is 0 Å². The fourth-order valence-electron chi connectivity index (χ4n) is 0. The standard InChI is InChI=1S/C2Cl4.CClF3/c3-1(4)2(5)6;2-1(3,4)5. The van der Waals surface area contributed by atoms with Crippen molar-refractivity contribution < 1.29 is 13.2 Å². The highest BCUT2D eigenvalue weighted by Gasteiger charge is 2.20. The normalized spacial score (nSPS) is 9.82. The molecule has 0 saturated carbocycles. The Balaban J connectivity index is 0. The third kappa shape index (κ3) is 35.7. The van der Waals surface area contributed by atoms with Crippen molar-refractivity contribution in [2.75, 3.05) is 0 Å². The molecule has 68 valence electrons. The van der Waals surface area contributed by atoms with Crippen molar-refractivity contribution in [3.05, 3.63) is 8.98 Å². The fourth-order valence-corrected chi connectivity index (χ4v) is 0. The van der Waals surface area contributed by atoms with Gasteiger partial charge in [0.05, 0.1) is 0 Å². The van der Waals surface area contributed by atoms with Crippen molar-refractivity contribution in [2.24, 2.45) is 0 Å². The van der Waals surface area contributed by atoms with Gasteiger partial charge in [-0.05, 0) is 11.6 Å². The van der Waals surface area contributed by atoms with Gasteiger partial charge in [0.1, 0.15) is 8.98 Å². The topological polar surface area (TPSA) is 0 Å². The number of alkyl halides is 4. The van der Waals surface area contributed by atoms with Gasteiger partial charge >= 0.3 is 5.64 Å². The SMILES string of the molecule is ClC(Cl)=C(Cl)Cl.FC(F)(F)Cl. The molecular formula is C3Cl5F3. The van der Waals surface area contributed by atoms with E-state index in [4.69, 9.17) is 46.4 Å². The van der Waals surface area contributed by atoms with E-state index in [-0.39, 0.29) is 8.98 Å². The van der Waals surface area contributed by atoms with E-state index in [9.17, 15) is 13.2 Å². The van der Waals surface area contributed by atoms with Crippen LogP contribution in [0.5, 0.6) is 0 Å². The van der Waals surface area contributed by atoms with Crippen molar-refractivity contribution in [3.8, 4) is 0 Å². The molecule has 0 N–H and O–H groups in total. The second-order valence-corrected chi connectivity index (χ2v) is 3.28. The van der Waals surface area contributed by atoms with Crippen LogP contribution >= 0.6 is 58.0 Å². The molecule has 0 radical (unpaired) electrons. The molecule has 0 aliphatic rings. The number of hydrogen-bond donors (Lipinski definition) is 0. The molecule has 0 saturated heterocycles. The molecule has 0 fully saturated rings. The minimum absolute atomic E-state index is 0.0988. The van der Waals surface area contributed by atoms with Gasteiger partial charge in [-0.1, -0.05) is 46.4 Å². The van der Waals surface area contributed by atoms with Gasteiger partial charge in [0, 0.05) is 0 Å². The fraction of sp³-hybridized carbons (Fsp3) is 0.333. The van der Waals surface area contributed by atoms with Gasteiger partial charge in [0.2, 0.25) is 0 Å². The number of halogens is 8. The Hall–Kier alpha value is 0.980. The molecule has 0 aliphatic heterocycles. The highest BCUT2D eigenvalue weighted by atomic mass is 35.5. The van der Waals surface area contributed by atoms with Crippen LogP contribution in [0.3, 0.4) is 0 Å². The minimum Gasteiger partial charge on any atom is -0.156 e. The Bertz CT molecular complexity index is 114. The Kier molecular flexibility index (Phi) is 8.56. The van der Waals surface area contributed by atoms with Crippen molar-refractivity contribution >= 4 is 58.0 Å². The summed E-state index contributed by atoms with van der Waals surface area (Å²) in [5, 5.41) is 0. The average molecular weight is 270 g/mol. The molecule has 0 bridgehead atoms. The Labute approximate surface area is 85.8 Å². The molecule has 0 heterocycles. The summed E-state index contributed by atoms with van der Waals surface area (Å²) in [5.74, 6) is 0. The first-order chi connectivity index (χ1) is 4.64. The molecule has 0 aromatic rings. The Morgan fingerprint density at radius 3 is 0.909 bits per heavy atom. The molecule has 0 aliphatic carbocycles. The molecule has 11 heavy (non-hydrogen) atoms. The summed E-state index contributed by atoms with van der Waals surface area (Å²) in [6.07, 6.45) is 0. The molecule has 0 spiro atoms. The van der Waals surface area contributed by atoms with E-state index in [0.29, 0.717) is 0 Å². The lowest BCUT2D eigenvalue weighted by Gasteiger charge is -1.84. The average Bonchev–Trinajstić information content (AvgIpc) is 1.59. The lowest BCUT2D eigenvalue weighted by atomic mass is 11.2. The van der Waals surface area contributed by atoms with Crippen LogP contribution < -0.4 is 0 Å². The van der Waals surface area contributed by atoms with E-state index < -0.39 is 5.64 Å². The first-order valence-corrected chi connectivity index (χ1v) is 3.65. The summed E-state index contributed by atoms with van der Waals surface area (Å²) in [4.78, 5) is 0. The van der Waals surface area contributed by atoms with Crippen LogP contribution in [0, 0.1) is 0 Å². The Morgan fingerprint density at radius 2 is 0.909 bits per heavy atom. The van der Waals surface area contributed by atoms with Crippen molar-refractivity contribution in [3.63, 3.8) is 0 Å². The van der Waals surface area contributed by atoms with Crippen LogP contribution in [0.25, 0.3) is 0 Å². The van der Waals surface area contributed by atoms with E-state index >= 15 is 0 Å². The largest absolute Gasteiger partial charge is 0.475 e. The maximum absolute atomic E-state index is 10.1. The van der Waals surface area contributed by atoms with E-state index in [2.05, 4.69) is 11.6 Å². The van der Waals surface area contributed by atoms with Gasteiger partial charge in [0.15, 0.2) is 0 Å². The zero-order valence-electron chi connectivity index (χ0n) is 4.52. The molecule has 0 amide bonds. The van der Waals surface area contributed by atoms with Gasteiger partial charge < -0.3 is 0 Å². The van der Waals surface area contributed by atoms with E-state index in [1.807, 2.05) is 0 Å². The molecule has 0 rings (SSSR count). The van der Waals surface area contributed by atoms with Crippen molar-refractivity contribution in [1.29, 1.82) is 0 Å². The Morgan fingerprint density at radius 1 is 0.818 bits per heavy atom. The third-order valence-corrected chi connectivity index (χ3v) is 1.29. The molecule has 0 aromatic heterocycles. The molecule has 0 unspecified atom stereocenters. The van der Waals surface area contributed by atoms with Crippen molar-refractivity contribution in [1.82, 2.24) is 0 Å². The molecule has 8 heteroatoms. The number of rotatable bonds is 0. The second kappa shape index (κ2) is 6.49. The molecule has 0 nitrogen and oxygen atoms in total. The molecule has 0 aromatic carbocycles. The smallest absolute Gasteiger partial charge is 0.156 e. The van der Waals surface area contributed by atoms with Crippen LogP contribution in [0.1, 0.15) is 0 Å². The number of hydrogen-bond acceptors (Lipinski definition) is 0. The van der Waals surface area contributed by atoms with E-state index in [1.165, 1.54) is 0 Å². The monoisotopic (exact) mass is 268 g/mol. The van der Waals surface area contributed by atoms with Crippen molar-refractivity contribution in [2.45, 2.75) is 5.64 Å². The predicted molar refractivity (Wildman–Crippen MR) is 42.3 cm³/mol. The zero-order chi connectivity index (χ0) is 9.65. The highest BCUT2D eigenvalue weighted by molar-refractivity contribution is 6.67. The van der Waals surface area contributed by atoms with E-state index in [1.54, 1.807) is 0 Å². The van der Waals surface area contributed by atoms with Crippen LogP contribution in [-0.2, 0) is 0 Å². The van der Waals surface area contributed by atoms with Crippen LogP contribution in [0.15, 0.2) is 8.98 Å². The first-order valence-electron chi connectivity index (χ1n) is 1.76.